The molecule has 0 radical (unpaired) electrons. The topological polar surface area (TPSA) is 56.5 Å². The third-order valence-corrected chi connectivity index (χ3v) is 2.99. The van der Waals surface area contributed by atoms with Gasteiger partial charge in [-0.05, 0) is 26.7 Å². The van der Waals surface area contributed by atoms with Gasteiger partial charge in [-0.2, -0.15) is 0 Å². The second kappa shape index (κ2) is 6.10. The first-order chi connectivity index (χ1) is 9.06. The number of nitrogens with one attached hydrogen (secondary N) is 1. The van der Waals surface area contributed by atoms with Crippen LogP contribution in [0.15, 0.2) is 12.1 Å². The SMILES string of the molecule is CC(C)Oc1cc(NC2CCCOC2)c(N)cc1F. The predicted octanol–water partition coefficient (Wildman–Crippen LogP) is 2.79. The zero-order chi connectivity index (χ0) is 13.8. The van der Waals surface area contributed by atoms with Crippen molar-refractivity contribution in [2.45, 2.75) is 38.8 Å². The molecule has 1 aromatic carbocycles. The molecule has 5 heteroatoms. The van der Waals surface area contributed by atoms with Crippen LogP contribution in [-0.2, 0) is 4.74 Å². The number of anilines is 2. The second-order valence-electron chi connectivity index (χ2n) is 5.09. The average Bonchev–Trinajstić information content (AvgIpc) is 2.36. The van der Waals surface area contributed by atoms with E-state index in [1.807, 2.05) is 13.8 Å². The van der Waals surface area contributed by atoms with Crippen molar-refractivity contribution in [2.75, 3.05) is 24.3 Å². The minimum atomic E-state index is -0.434. The maximum Gasteiger partial charge on any atom is 0.167 e. The number of ether oxygens (including phenoxy) is 2. The van der Waals surface area contributed by atoms with Gasteiger partial charge in [0.05, 0.1) is 24.1 Å². The summed E-state index contributed by atoms with van der Waals surface area (Å²) >= 11 is 0. The fourth-order valence-corrected chi connectivity index (χ4v) is 2.11. The van der Waals surface area contributed by atoms with Gasteiger partial charge in [0.1, 0.15) is 0 Å². The Morgan fingerprint density at radius 2 is 2.26 bits per heavy atom. The molecule has 19 heavy (non-hydrogen) atoms. The van der Waals surface area contributed by atoms with Crippen molar-refractivity contribution >= 4 is 11.4 Å². The van der Waals surface area contributed by atoms with E-state index >= 15 is 0 Å². The van der Waals surface area contributed by atoms with Crippen LogP contribution in [0.4, 0.5) is 15.8 Å². The summed E-state index contributed by atoms with van der Waals surface area (Å²) in [4.78, 5) is 0. The molecule has 1 fully saturated rings. The number of benzene rings is 1. The summed E-state index contributed by atoms with van der Waals surface area (Å²) in [5.41, 5.74) is 6.93. The molecule has 0 aliphatic carbocycles. The normalized spacial score (nSPS) is 19.5. The molecule has 1 aromatic rings. The summed E-state index contributed by atoms with van der Waals surface area (Å²) in [6.45, 7) is 5.17. The summed E-state index contributed by atoms with van der Waals surface area (Å²) in [6, 6.07) is 3.14. The molecule has 1 heterocycles. The molecule has 0 spiro atoms. The molecule has 1 atom stereocenters. The largest absolute Gasteiger partial charge is 0.488 e. The molecule has 0 aromatic heterocycles. The Morgan fingerprint density at radius 3 is 2.89 bits per heavy atom. The summed E-state index contributed by atoms with van der Waals surface area (Å²) in [5, 5.41) is 3.29. The number of hydrogen-bond donors (Lipinski definition) is 2. The molecule has 0 bridgehead atoms. The fraction of sp³-hybridized carbons (Fsp3) is 0.571. The maximum absolute atomic E-state index is 13.7. The predicted molar refractivity (Wildman–Crippen MR) is 74.0 cm³/mol. The van der Waals surface area contributed by atoms with Crippen LogP contribution in [0.25, 0.3) is 0 Å². The molecule has 3 N–H and O–H groups in total. The van der Waals surface area contributed by atoms with Gasteiger partial charge in [0.25, 0.3) is 0 Å². The van der Waals surface area contributed by atoms with Crippen molar-refractivity contribution in [3.63, 3.8) is 0 Å². The van der Waals surface area contributed by atoms with Crippen molar-refractivity contribution < 1.29 is 13.9 Å². The standard InChI is InChI=1S/C14H21FN2O2/c1-9(2)19-14-7-13(12(16)6-11(14)15)17-10-4-3-5-18-8-10/h6-7,9-10,17H,3-5,8,16H2,1-2H3. The monoisotopic (exact) mass is 268 g/mol. The van der Waals surface area contributed by atoms with E-state index in [-0.39, 0.29) is 17.9 Å². The lowest BCUT2D eigenvalue weighted by Crippen LogP contribution is -2.30. The minimum Gasteiger partial charge on any atom is -0.488 e. The van der Waals surface area contributed by atoms with Crippen LogP contribution in [-0.4, -0.2) is 25.4 Å². The number of nitrogen functional groups attached to an aromatic ring is 1. The van der Waals surface area contributed by atoms with E-state index in [1.54, 1.807) is 6.07 Å². The van der Waals surface area contributed by atoms with E-state index in [0.29, 0.717) is 18.0 Å². The van der Waals surface area contributed by atoms with Crippen LogP contribution >= 0.6 is 0 Å². The van der Waals surface area contributed by atoms with Crippen molar-refractivity contribution in [2.24, 2.45) is 0 Å². The number of rotatable bonds is 4. The van der Waals surface area contributed by atoms with Crippen LogP contribution in [0.5, 0.6) is 5.75 Å². The Bertz CT molecular complexity index is 432. The van der Waals surface area contributed by atoms with Gasteiger partial charge in [0, 0.05) is 24.8 Å². The first-order valence-corrected chi connectivity index (χ1v) is 6.66. The Morgan fingerprint density at radius 1 is 1.47 bits per heavy atom. The third-order valence-electron chi connectivity index (χ3n) is 2.99. The van der Waals surface area contributed by atoms with E-state index < -0.39 is 5.82 Å². The molecule has 1 aliphatic rings. The Kier molecular flexibility index (Phi) is 4.47. The highest BCUT2D eigenvalue weighted by Crippen LogP contribution is 2.30. The Labute approximate surface area is 113 Å². The highest BCUT2D eigenvalue weighted by atomic mass is 19.1. The van der Waals surface area contributed by atoms with Gasteiger partial charge in [-0.25, -0.2) is 4.39 Å². The van der Waals surface area contributed by atoms with E-state index in [4.69, 9.17) is 15.2 Å². The summed E-state index contributed by atoms with van der Waals surface area (Å²) < 4.78 is 24.5. The molecule has 106 valence electrons. The fourth-order valence-electron chi connectivity index (χ4n) is 2.11. The lowest BCUT2D eigenvalue weighted by molar-refractivity contribution is 0.0876. The highest BCUT2D eigenvalue weighted by Gasteiger charge is 2.16. The van der Waals surface area contributed by atoms with Gasteiger partial charge in [0.15, 0.2) is 11.6 Å². The summed E-state index contributed by atoms with van der Waals surface area (Å²) in [7, 11) is 0. The lowest BCUT2D eigenvalue weighted by atomic mass is 10.1. The number of nitrogens with two attached hydrogens (primary N) is 1. The van der Waals surface area contributed by atoms with Crippen LogP contribution in [0.3, 0.4) is 0 Å². The third kappa shape index (κ3) is 3.73. The van der Waals surface area contributed by atoms with Crippen LogP contribution in [0.2, 0.25) is 0 Å². The van der Waals surface area contributed by atoms with Crippen LogP contribution < -0.4 is 15.8 Å². The molecular formula is C14H21FN2O2. The maximum atomic E-state index is 13.7. The molecule has 1 unspecified atom stereocenters. The average molecular weight is 268 g/mol. The Balaban J connectivity index is 2.14. The van der Waals surface area contributed by atoms with Crippen molar-refractivity contribution in [1.29, 1.82) is 0 Å². The molecule has 2 rings (SSSR count). The number of hydrogen-bond acceptors (Lipinski definition) is 4. The highest BCUT2D eigenvalue weighted by molar-refractivity contribution is 5.69. The van der Waals surface area contributed by atoms with Crippen LogP contribution in [0.1, 0.15) is 26.7 Å². The quantitative estimate of drug-likeness (QED) is 0.824. The number of halogens is 1. The molecule has 1 saturated heterocycles. The molecule has 4 nitrogen and oxygen atoms in total. The van der Waals surface area contributed by atoms with E-state index in [9.17, 15) is 4.39 Å². The zero-order valence-corrected chi connectivity index (χ0v) is 11.4. The smallest absolute Gasteiger partial charge is 0.167 e. The second-order valence-corrected chi connectivity index (χ2v) is 5.09. The van der Waals surface area contributed by atoms with Crippen molar-refractivity contribution in [3.05, 3.63) is 17.9 Å². The van der Waals surface area contributed by atoms with E-state index in [2.05, 4.69) is 5.32 Å². The molecule has 1 aliphatic heterocycles. The van der Waals surface area contributed by atoms with E-state index in [1.165, 1.54) is 6.07 Å². The van der Waals surface area contributed by atoms with E-state index in [0.717, 1.165) is 19.4 Å². The zero-order valence-electron chi connectivity index (χ0n) is 11.4. The van der Waals surface area contributed by atoms with Gasteiger partial charge in [-0.3, -0.25) is 0 Å². The van der Waals surface area contributed by atoms with Gasteiger partial charge < -0.3 is 20.5 Å². The first kappa shape index (κ1) is 13.9. The summed E-state index contributed by atoms with van der Waals surface area (Å²) in [6.07, 6.45) is 1.97. The van der Waals surface area contributed by atoms with Gasteiger partial charge in [-0.15, -0.1) is 0 Å². The van der Waals surface area contributed by atoms with Gasteiger partial charge >= 0.3 is 0 Å². The van der Waals surface area contributed by atoms with Crippen molar-refractivity contribution in [3.8, 4) is 5.75 Å². The molecule has 0 saturated carbocycles. The van der Waals surface area contributed by atoms with Crippen LogP contribution in [0, 0.1) is 5.82 Å². The van der Waals surface area contributed by atoms with Gasteiger partial charge in [-0.1, -0.05) is 0 Å². The van der Waals surface area contributed by atoms with Crippen molar-refractivity contribution in [1.82, 2.24) is 0 Å². The lowest BCUT2D eigenvalue weighted by Gasteiger charge is -2.25. The van der Waals surface area contributed by atoms with Gasteiger partial charge in [0.2, 0.25) is 0 Å². The minimum absolute atomic E-state index is 0.0796. The summed E-state index contributed by atoms with van der Waals surface area (Å²) in [5.74, 6) is -0.208. The molecule has 0 amide bonds. The molecular weight excluding hydrogens is 247 g/mol. The Hall–Kier alpha value is -1.49. The first-order valence-electron chi connectivity index (χ1n) is 6.66.